The number of carbonyl (C=O) groups excluding carboxylic acids is 1. The average molecular weight is 537 g/mol. The summed E-state index contributed by atoms with van der Waals surface area (Å²) in [6.07, 6.45) is 3.41. The zero-order valence-electron chi connectivity index (χ0n) is 22.5. The molecule has 9 nitrogen and oxygen atoms in total. The fourth-order valence-electron chi connectivity index (χ4n) is 9.86. The van der Waals surface area contributed by atoms with E-state index in [9.17, 15) is 30.3 Å². The van der Waals surface area contributed by atoms with E-state index in [0.717, 1.165) is 63.4 Å². The predicted molar refractivity (Wildman–Crippen MR) is 134 cm³/mol. The van der Waals surface area contributed by atoms with Crippen molar-refractivity contribution < 1.29 is 44.5 Å². The monoisotopic (exact) mass is 536 g/mol. The minimum Gasteiger partial charge on any atom is -0.458 e. The molecule has 0 aromatic rings. The lowest BCUT2D eigenvalue weighted by molar-refractivity contribution is -0.317. The van der Waals surface area contributed by atoms with Gasteiger partial charge in [-0.15, -0.1) is 0 Å². The molecule has 6 rings (SSSR count). The van der Waals surface area contributed by atoms with Crippen LogP contribution in [0, 0.1) is 34.5 Å². The van der Waals surface area contributed by atoms with Crippen LogP contribution in [0.5, 0.6) is 0 Å². The molecule has 0 aromatic carbocycles. The van der Waals surface area contributed by atoms with Gasteiger partial charge in [-0.05, 0) is 92.4 Å². The Kier molecular flexibility index (Phi) is 6.78. The molecule has 0 radical (unpaired) electrons. The van der Waals surface area contributed by atoms with E-state index in [1.807, 2.05) is 0 Å². The van der Waals surface area contributed by atoms with Crippen molar-refractivity contribution in [3.63, 3.8) is 0 Å². The van der Waals surface area contributed by atoms with Gasteiger partial charge >= 0.3 is 5.97 Å². The number of esters is 1. The quantitative estimate of drug-likeness (QED) is 0.266. The van der Waals surface area contributed by atoms with Gasteiger partial charge in [-0.25, -0.2) is 4.79 Å². The first kappa shape index (κ1) is 27.1. The molecule has 214 valence electrons. The SMILES string of the molecule is C[C@]12CC[C@H](O[C@@H]3O[C@H](CO)[C@@H](O)[C@H](O)[C@H]3O)C[C@@H]1CC[C@@H]1[C@@H]2CC[C@]2(C)[C@H](C3=CC(=O)OC3)CC[C@]12O. The first-order valence-corrected chi connectivity index (χ1v) is 14.6. The zero-order valence-corrected chi connectivity index (χ0v) is 22.5. The lowest BCUT2D eigenvalue weighted by Gasteiger charge is -2.64. The minimum atomic E-state index is -1.44. The van der Waals surface area contributed by atoms with Crippen LogP contribution in [0.4, 0.5) is 0 Å². The summed E-state index contributed by atoms with van der Waals surface area (Å²) in [5, 5.41) is 52.6. The topological polar surface area (TPSA) is 146 Å². The van der Waals surface area contributed by atoms with Gasteiger partial charge in [-0.1, -0.05) is 13.8 Å². The van der Waals surface area contributed by atoms with Crippen LogP contribution >= 0.6 is 0 Å². The van der Waals surface area contributed by atoms with Crippen molar-refractivity contribution in [3.05, 3.63) is 11.6 Å². The van der Waals surface area contributed by atoms with Gasteiger partial charge in [0.15, 0.2) is 6.29 Å². The van der Waals surface area contributed by atoms with Crippen LogP contribution in [0.2, 0.25) is 0 Å². The van der Waals surface area contributed by atoms with Gasteiger partial charge in [-0.2, -0.15) is 0 Å². The van der Waals surface area contributed by atoms with Crippen molar-refractivity contribution >= 4 is 5.97 Å². The summed E-state index contributed by atoms with van der Waals surface area (Å²) in [4.78, 5) is 11.8. The number of cyclic esters (lactones) is 1. The largest absolute Gasteiger partial charge is 0.458 e. The maximum absolute atomic E-state index is 12.4. The normalized spacial score (nSPS) is 54.5. The second-order valence-corrected chi connectivity index (χ2v) is 13.5. The molecule has 5 N–H and O–H groups in total. The summed E-state index contributed by atoms with van der Waals surface area (Å²) in [5.41, 5.74) is 0.141. The maximum Gasteiger partial charge on any atom is 0.331 e. The molecule has 1 saturated heterocycles. The Morgan fingerprint density at radius 2 is 1.76 bits per heavy atom. The first-order valence-electron chi connectivity index (χ1n) is 14.6. The number of rotatable bonds is 4. The Hall–Kier alpha value is -1.07. The number of aliphatic hydroxyl groups excluding tert-OH is 4. The standard InChI is InChI=1S/C29H44O9/c1-27-8-5-17(37-26-25(34)24(33)23(32)21(13-30)38-26)12-16(27)3-4-20-19(27)6-9-28(2)18(7-10-29(20,28)35)15-11-22(31)36-14-15/h11,16-21,23-26,30,32-35H,3-10,12-14H2,1-2H3/t16-,17-,18-,19-,20+,21+,23+,24-,25+,26+,27-,28+,29-/m0/s1. The molecule has 5 fully saturated rings. The van der Waals surface area contributed by atoms with Gasteiger partial charge in [0, 0.05) is 11.5 Å². The second kappa shape index (κ2) is 9.50. The van der Waals surface area contributed by atoms with Crippen molar-refractivity contribution in [3.8, 4) is 0 Å². The summed E-state index contributed by atoms with van der Waals surface area (Å²) < 4.78 is 17.0. The molecule has 0 aromatic heterocycles. The lowest BCUT2D eigenvalue weighted by Crippen LogP contribution is -2.63. The lowest BCUT2D eigenvalue weighted by atomic mass is 9.43. The molecule has 2 heterocycles. The molecule has 9 heteroatoms. The van der Waals surface area contributed by atoms with Crippen LogP contribution in [0.3, 0.4) is 0 Å². The zero-order chi connectivity index (χ0) is 27.0. The minimum absolute atomic E-state index is 0.0823. The Balaban J connectivity index is 1.15. The smallest absolute Gasteiger partial charge is 0.331 e. The van der Waals surface area contributed by atoms with Crippen molar-refractivity contribution in [2.45, 2.75) is 114 Å². The van der Waals surface area contributed by atoms with Crippen LogP contribution in [-0.2, 0) is 19.0 Å². The van der Waals surface area contributed by atoms with Gasteiger partial charge in [0.25, 0.3) is 0 Å². The van der Waals surface area contributed by atoms with Crippen LogP contribution in [0.15, 0.2) is 11.6 Å². The van der Waals surface area contributed by atoms with E-state index < -0.39 is 42.9 Å². The summed E-state index contributed by atoms with van der Waals surface area (Å²) in [6, 6.07) is 0. The third-order valence-corrected chi connectivity index (χ3v) is 12.1. The van der Waals surface area contributed by atoms with Crippen LogP contribution < -0.4 is 0 Å². The van der Waals surface area contributed by atoms with Crippen molar-refractivity contribution in [2.24, 2.45) is 34.5 Å². The van der Waals surface area contributed by atoms with Crippen LogP contribution in [-0.4, -0.2) is 87.1 Å². The molecule has 4 aliphatic carbocycles. The van der Waals surface area contributed by atoms with Gasteiger partial charge in [0.2, 0.25) is 0 Å². The highest BCUT2D eigenvalue weighted by Gasteiger charge is 2.67. The van der Waals surface area contributed by atoms with E-state index in [1.54, 1.807) is 6.08 Å². The second-order valence-electron chi connectivity index (χ2n) is 13.5. The molecule has 38 heavy (non-hydrogen) atoms. The molecule has 0 spiro atoms. The summed E-state index contributed by atoms with van der Waals surface area (Å²) in [7, 11) is 0. The van der Waals surface area contributed by atoms with E-state index >= 15 is 0 Å². The number of hydrogen-bond donors (Lipinski definition) is 5. The predicted octanol–water partition coefficient (Wildman–Crippen LogP) is 1.43. The highest BCUT2D eigenvalue weighted by Crippen LogP contribution is 2.70. The van der Waals surface area contributed by atoms with Gasteiger partial charge in [0.05, 0.1) is 18.3 Å². The number of ether oxygens (including phenoxy) is 3. The Morgan fingerprint density at radius 3 is 2.47 bits per heavy atom. The van der Waals surface area contributed by atoms with Crippen molar-refractivity contribution in [2.75, 3.05) is 13.2 Å². The fraction of sp³-hybridized carbons (Fsp3) is 0.897. The molecular formula is C29H44O9. The Labute approximate surface area is 224 Å². The maximum atomic E-state index is 12.4. The first-order chi connectivity index (χ1) is 18.0. The third-order valence-electron chi connectivity index (χ3n) is 12.1. The molecule has 6 aliphatic rings. The Bertz CT molecular complexity index is 968. The van der Waals surface area contributed by atoms with E-state index in [1.165, 1.54) is 0 Å². The fourth-order valence-corrected chi connectivity index (χ4v) is 9.86. The summed E-state index contributed by atoms with van der Waals surface area (Å²) in [6.45, 7) is 4.52. The van der Waals surface area contributed by atoms with Gasteiger partial charge < -0.3 is 39.7 Å². The molecule has 2 aliphatic heterocycles. The van der Waals surface area contributed by atoms with Crippen LogP contribution in [0.25, 0.3) is 0 Å². The number of aliphatic hydroxyl groups is 5. The highest BCUT2D eigenvalue weighted by atomic mass is 16.7. The molecule has 0 unspecified atom stereocenters. The van der Waals surface area contributed by atoms with Gasteiger partial charge in [-0.3, -0.25) is 0 Å². The van der Waals surface area contributed by atoms with E-state index in [2.05, 4.69) is 13.8 Å². The average Bonchev–Trinajstić information content (AvgIpc) is 3.44. The number of hydrogen-bond acceptors (Lipinski definition) is 9. The van der Waals surface area contributed by atoms with Crippen molar-refractivity contribution in [1.29, 1.82) is 0 Å². The van der Waals surface area contributed by atoms with E-state index in [4.69, 9.17) is 14.2 Å². The molecule has 4 saturated carbocycles. The molecule has 0 bridgehead atoms. The van der Waals surface area contributed by atoms with E-state index in [0.29, 0.717) is 18.4 Å². The van der Waals surface area contributed by atoms with Crippen molar-refractivity contribution in [1.82, 2.24) is 0 Å². The number of fused-ring (bicyclic) bond motifs is 5. The highest BCUT2D eigenvalue weighted by molar-refractivity contribution is 5.85. The van der Waals surface area contributed by atoms with Crippen LogP contribution in [0.1, 0.15) is 71.6 Å². The van der Waals surface area contributed by atoms with Gasteiger partial charge in [0.1, 0.15) is 31.0 Å². The molecule has 0 amide bonds. The molecular weight excluding hydrogens is 492 g/mol. The summed E-state index contributed by atoms with van der Waals surface area (Å²) >= 11 is 0. The molecule has 13 atom stereocenters. The summed E-state index contributed by atoms with van der Waals surface area (Å²) in [5.74, 6) is 0.994. The third kappa shape index (κ3) is 3.87. The van der Waals surface area contributed by atoms with E-state index in [-0.39, 0.29) is 34.7 Å². The Morgan fingerprint density at radius 1 is 0.974 bits per heavy atom. The number of carbonyl (C=O) groups is 1.